The van der Waals surface area contributed by atoms with Crippen molar-refractivity contribution >= 4 is 27.6 Å². The van der Waals surface area contributed by atoms with Crippen molar-refractivity contribution in [2.45, 2.75) is 44.4 Å². The zero-order chi connectivity index (χ0) is 19.0. The standard InChI is InChI=1S/C21H25NO3S/c1-3-4-5-9-19(23)14-13-18-8-6-7-10-21(18)22-26(24,25)20-15-11-17(2)12-16-20/h6-8,10-16,22H,3-5,9H2,1-2H3/b14-13+. The van der Waals surface area contributed by atoms with Gasteiger partial charge in [0, 0.05) is 6.42 Å². The third-order valence-electron chi connectivity index (χ3n) is 4.01. The number of anilines is 1. The molecule has 0 aliphatic heterocycles. The molecule has 0 fully saturated rings. The van der Waals surface area contributed by atoms with Crippen LogP contribution in [0, 0.1) is 6.92 Å². The molecular weight excluding hydrogens is 346 g/mol. The van der Waals surface area contributed by atoms with Crippen molar-refractivity contribution in [3.05, 3.63) is 65.7 Å². The highest BCUT2D eigenvalue weighted by Gasteiger charge is 2.15. The summed E-state index contributed by atoms with van der Waals surface area (Å²) in [5, 5.41) is 0. The Hall–Kier alpha value is -2.40. The van der Waals surface area contributed by atoms with Crippen molar-refractivity contribution in [3.63, 3.8) is 0 Å². The van der Waals surface area contributed by atoms with E-state index in [4.69, 9.17) is 0 Å². The average molecular weight is 372 g/mol. The van der Waals surface area contributed by atoms with E-state index in [-0.39, 0.29) is 10.7 Å². The molecule has 0 bridgehead atoms. The fraction of sp³-hybridized carbons (Fsp3) is 0.286. The largest absolute Gasteiger partial charge is 0.295 e. The molecule has 0 saturated heterocycles. The predicted octanol–water partition coefficient (Wildman–Crippen LogP) is 4.96. The number of sulfonamides is 1. The molecule has 0 radical (unpaired) electrons. The summed E-state index contributed by atoms with van der Waals surface area (Å²) in [4.78, 5) is 12.1. The van der Waals surface area contributed by atoms with Gasteiger partial charge in [-0.25, -0.2) is 8.42 Å². The third kappa shape index (κ3) is 5.85. The molecule has 0 heterocycles. The molecule has 0 saturated carbocycles. The number of carbonyl (C=O) groups excluding carboxylic acids is 1. The zero-order valence-corrected chi connectivity index (χ0v) is 16.1. The number of hydrogen-bond acceptors (Lipinski definition) is 3. The van der Waals surface area contributed by atoms with Crippen molar-refractivity contribution < 1.29 is 13.2 Å². The fourth-order valence-electron chi connectivity index (χ4n) is 2.47. The second-order valence-corrected chi connectivity index (χ2v) is 7.94. The summed E-state index contributed by atoms with van der Waals surface area (Å²) in [5.41, 5.74) is 2.10. The number of unbranched alkanes of at least 4 members (excludes halogenated alkanes) is 2. The van der Waals surface area contributed by atoms with Crippen molar-refractivity contribution in [1.82, 2.24) is 0 Å². The van der Waals surface area contributed by atoms with Gasteiger partial charge < -0.3 is 0 Å². The molecule has 0 unspecified atom stereocenters. The number of hydrogen-bond donors (Lipinski definition) is 1. The number of aryl methyl sites for hydroxylation is 1. The van der Waals surface area contributed by atoms with E-state index in [1.165, 1.54) is 6.08 Å². The molecule has 1 N–H and O–H groups in total. The summed E-state index contributed by atoms with van der Waals surface area (Å²) in [6.07, 6.45) is 6.69. The van der Waals surface area contributed by atoms with Gasteiger partial charge in [0.15, 0.2) is 5.78 Å². The van der Waals surface area contributed by atoms with Gasteiger partial charge in [-0.05, 0) is 49.3 Å². The number of benzene rings is 2. The van der Waals surface area contributed by atoms with E-state index < -0.39 is 10.0 Å². The summed E-state index contributed by atoms with van der Waals surface area (Å²) in [7, 11) is -3.68. The molecule has 2 rings (SSSR count). The molecule has 26 heavy (non-hydrogen) atoms. The Bertz CT molecular complexity index is 868. The normalized spacial score (nSPS) is 11.6. The van der Waals surface area contributed by atoms with Crippen LogP contribution in [0.5, 0.6) is 0 Å². The van der Waals surface area contributed by atoms with Crippen LogP contribution in [0.2, 0.25) is 0 Å². The molecule has 0 aliphatic carbocycles. The molecule has 0 amide bonds. The Labute approximate surface area is 156 Å². The Morgan fingerprint density at radius 1 is 1.04 bits per heavy atom. The van der Waals surface area contributed by atoms with Gasteiger partial charge in [-0.15, -0.1) is 0 Å². The van der Waals surface area contributed by atoms with Crippen molar-refractivity contribution in [2.75, 3.05) is 4.72 Å². The van der Waals surface area contributed by atoms with Crippen LogP contribution in [0.3, 0.4) is 0 Å². The highest BCUT2D eigenvalue weighted by Crippen LogP contribution is 2.21. The second-order valence-electron chi connectivity index (χ2n) is 6.26. The Balaban J connectivity index is 2.16. The number of ketones is 1. The lowest BCUT2D eigenvalue weighted by atomic mass is 10.1. The topological polar surface area (TPSA) is 63.2 Å². The lowest BCUT2D eigenvalue weighted by molar-refractivity contribution is -0.114. The SMILES string of the molecule is CCCCCC(=O)/C=C/c1ccccc1NS(=O)(=O)c1ccc(C)cc1. The first kappa shape index (κ1) is 19.9. The second kappa shape index (κ2) is 9.34. The van der Waals surface area contributed by atoms with Gasteiger partial charge in [-0.2, -0.15) is 0 Å². The maximum Gasteiger partial charge on any atom is 0.261 e. The number of para-hydroxylation sites is 1. The predicted molar refractivity (Wildman–Crippen MR) is 107 cm³/mol. The summed E-state index contributed by atoms with van der Waals surface area (Å²) >= 11 is 0. The van der Waals surface area contributed by atoms with E-state index in [1.807, 2.05) is 13.0 Å². The average Bonchev–Trinajstić information content (AvgIpc) is 2.61. The zero-order valence-electron chi connectivity index (χ0n) is 15.2. The van der Waals surface area contributed by atoms with E-state index in [9.17, 15) is 13.2 Å². The highest BCUT2D eigenvalue weighted by molar-refractivity contribution is 7.92. The van der Waals surface area contributed by atoms with Crippen LogP contribution in [-0.2, 0) is 14.8 Å². The van der Waals surface area contributed by atoms with Gasteiger partial charge >= 0.3 is 0 Å². The number of nitrogens with one attached hydrogen (secondary N) is 1. The maximum atomic E-state index is 12.6. The number of rotatable bonds is 9. The van der Waals surface area contributed by atoms with Crippen LogP contribution in [-0.4, -0.2) is 14.2 Å². The van der Waals surface area contributed by atoms with Crippen LogP contribution in [0.4, 0.5) is 5.69 Å². The quantitative estimate of drug-likeness (QED) is 0.500. The lowest BCUT2D eigenvalue weighted by Gasteiger charge is -2.11. The third-order valence-corrected chi connectivity index (χ3v) is 5.39. The fourth-order valence-corrected chi connectivity index (χ4v) is 3.56. The van der Waals surface area contributed by atoms with Crippen molar-refractivity contribution in [2.24, 2.45) is 0 Å². The van der Waals surface area contributed by atoms with Gasteiger partial charge in [0.2, 0.25) is 0 Å². The van der Waals surface area contributed by atoms with E-state index in [2.05, 4.69) is 11.6 Å². The Morgan fingerprint density at radius 3 is 2.42 bits per heavy atom. The van der Waals surface area contributed by atoms with Crippen LogP contribution in [0.25, 0.3) is 6.08 Å². The van der Waals surface area contributed by atoms with E-state index in [0.717, 1.165) is 24.8 Å². The highest BCUT2D eigenvalue weighted by atomic mass is 32.2. The molecule has 5 heteroatoms. The van der Waals surface area contributed by atoms with Crippen LogP contribution < -0.4 is 4.72 Å². The van der Waals surface area contributed by atoms with Crippen LogP contribution in [0.15, 0.2) is 59.5 Å². The molecule has 2 aromatic rings. The van der Waals surface area contributed by atoms with Crippen LogP contribution >= 0.6 is 0 Å². The van der Waals surface area contributed by atoms with Gasteiger partial charge in [-0.1, -0.05) is 55.7 Å². The summed E-state index contributed by atoms with van der Waals surface area (Å²) in [6.45, 7) is 4.00. The first-order valence-corrected chi connectivity index (χ1v) is 10.3. The Kier molecular flexibility index (Phi) is 7.16. The first-order chi connectivity index (χ1) is 12.4. The molecule has 4 nitrogen and oxygen atoms in total. The molecule has 0 aliphatic rings. The van der Waals surface area contributed by atoms with Crippen LogP contribution in [0.1, 0.15) is 43.7 Å². The van der Waals surface area contributed by atoms with Gasteiger partial charge in [0.25, 0.3) is 10.0 Å². The lowest BCUT2D eigenvalue weighted by Crippen LogP contribution is -2.13. The number of carbonyl (C=O) groups is 1. The summed E-state index contributed by atoms with van der Waals surface area (Å²) in [6, 6.07) is 13.7. The van der Waals surface area contributed by atoms with Crippen molar-refractivity contribution in [3.8, 4) is 0 Å². The summed E-state index contributed by atoms with van der Waals surface area (Å²) in [5.74, 6) is 0.0506. The monoisotopic (exact) mass is 371 g/mol. The minimum absolute atomic E-state index is 0.0506. The molecular formula is C21H25NO3S. The molecule has 0 spiro atoms. The summed E-state index contributed by atoms with van der Waals surface area (Å²) < 4.78 is 27.8. The van der Waals surface area contributed by atoms with Crippen molar-refractivity contribution in [1.29, 1.82) is 0 Å². The molecule has 0 atom stereocenters. The van der Waals surface area contributed by atoms with E-state index in [1.54, 1.807) is 48.5 Å². The van der Waals surface area contributed by atoms with Gasteiger partial charge in [-0.3, -0.25) is 9.52 Å². The molecule has 138 valence electrons. The molecule has 0 aromatic heterocycles. The van der Waals surface area contributed by atoms with Gasteiger partial charge in [0.05, 0.1) is 10.6 Å². The molecule has 2 aromatic carbocycles. The van der Waals surface area contributed by atoms with Gasteiger partial charge in [0.1, 0.15) is 0 Å². The maximum absolute atomic E-state index is 12.6. The smallest absolute Gasteiger partial charge is 0.261 e. The van der Waals surface area contributed by atoms with E-state index >= 15 is 0 Å². The number of allylic oxidation sites excluding steroid dienone is 1. The first-order valence-electron chi connectivity index (χ1n) is 8.82. The minimum Gasteiger partial charge on any atom is -0.295 e. The Morgan fingerprint density at radius 2 is 1.73 bits per heavy atom. The van der Waals surface area contributed by atoms with E-state index in [0.29, 0.717) is 17.7 Å². The minimum atomic E-state index is -3.68.